The molecule has 1 aromatic rings. The quantitative estimate of drug-likeness (QED) is 0.791. The molecule has 0 N–H and O–H groups in total. The molecule has 110 valence electrons. The Labute approximate surface area is 119 Å². The average Bonchev–Trinajstić information content (AvgIpc) is 2.99. The summed E-state index contributed by atoms with van der Waals surface area (Å²) in [5, 5.41) is 3.96. The van der Waals surface area contributed by atoms with E-state index in [2.05, 4.69) is 5.16 Å². The van der Waals surface area contributed by atoms with Crippen molar-refractivity contribution in [3.63, 3.8) is 0 Å². The first kappa shape index (κ1) is 13.5. The van der Waals surface area contributed by atoms with E-state index in [9.17, 15) is 4.79 Å². The number of carbonyl (C=O) groups is 1. The lowest BCUT2D eigenvalue weighted by molar-refractivity contribution is 0.0211. The van der Waals surface area contributed by atoms with Crippen molar-refractivity contribution in [1.29, 1.82) is 0 Å². The number of carbonyl (C=O) groups excluding carboxylic acids is 1. The number of ether oxygens (including phenoxy) is 1. The van der Waals surface area contributed by atoms with Crippen molar-refractivity contribution in [2.45, 2.75) is 70.6 Å². The monoisotopic (exact) mass is 278 g/mol. The van der Waals surface area contributed by atoms with Crippen LogP contribution in [0.25, 0.3) is 0 Å². The van der Waals surface area contributed by atoms with Gasteiger partial charge in [-0.3, -0.25) is 0 Å². The van der Waals surface area contributed by atoms with Crippen LogP contribution in [0.2, 0.25) is 0 Å². The number of aromatic nitrogens is 1. The maximum absolute atomic E-state index is 12.4. The minimum absolute atomic E-state index is 0.191. The maximum Gasteiger partial charge on any atom is 0.410 e. The molecule has 0 saturated carbocycles. The third-order valence-corrected chi connectivity index (χ3v) is 4.15. The Morgan fingerprint density at radius 3 is 2.80 bits per heavy atom. The third-order valence-electron chi connectivity index (χ3n) is 4.15. The second-order valence-electron chi connectivity index (χ2n) is 6.90. The maximum atomic E-state index is 12.4. The normalized spacial score (nSPS) is 29.0. The van der Waals surface area contributed by atoms with Crippen LogP contribution in [0.15, 0.2) is 10.6 Å². The molecule has 0 spiro atoms. The predicted octanol–water partition coefficient (Wildman–Crippen LogP) is 3.24. The van der Waals surface area contributed by atoms with Crippen molar-refractivity contribution < 1.29 is 14.1 Å². The highest BCUT2D eigenvalue weighted by Gasteiger charge is 2.51. The lowest BCUT2D eigenvalue weighted by Crippen LogP contribution is -2.40. The number of hydrogen-bond acceptors (Lipinski definition) is 4. The van der Waals surface area contributed by atoms with E-state index < -0.39 is 5.60 Å². The molecule has 0 unspecified atom stereocenters. The Balaban J connectivity index is 1.77. The van der Waals surface area contributed by atoms with E-state index in [0.29, 0.717) is 0 Å². The summed E-state index contributed by atoms with van der Waals surface area (Å²) in [6.07, 6.45) is 2.85. The zero-order valence-electron chi connectivity index (χ0n) is 12.5. The molecule has 3 heterocycles. The lowest BCUT2D eigenvalue weighted by atomic mass is 9.87. The van der Waals surface area contributed by atoms with Crippen LogP contribution in [0, 0.1) is 6.92 Å². The van der Waals surface area contributed by atoms with Gasteiger partial charge in [0.05, 0.1) is 5.69 Å². The van der Waals surface area contributed by atoms with Crippen LogP contribution >= 0.6 is 0 Å². The van der Waals surface area contributed by atoms with E-state index in [1.165, 1.54) is 0 Å². The van der Waals surface area contributed by atoms with Crippen molar-refractivity contribution in [1.82, 2.24) is 10.1 Å². The summed E-state index contributed by atoms with van der Waals surface area (Å²) < 4.78 is 10.9. The molecule has 2 fully saturated rings. The van der Waals surface area contributed by atoms with Crippen molar-refractivity contribution in [3.8, 4) is 0 Å². The van der Waals surface area contributed by atoms with E-state index in [-0.39, 0.29) is 24.1 Å². The highest BCUT2D eigenvalue weighted by Crippen LogP contribution is 2.47. The van der Waals surface area contributed by atoms with Gasteiger partial charge in [0.25, 0.3) is 0 Å². The van der Waals surface area contributed by atoms with E-state index in [4.69, 9.17) is 9.26 Å². The van der Waals surface area contributed by atoms with Crippen molar-refractivity contribution >= 4 is 6.09 Å². The lowest BCUT2D eigenvalue weighted by Gasteiger charge is -2.28. The molecule has 2 aliphatic rings. The fourth-order valence-electron chi connectivity index (χ4n) is 3.45. The summed E-state index contributed by atoms with van der Waals surface area (Å²) in [5.74, 6) is 1.17. The Kier molecular flexibility index (Phi) is 3.03. The Morgan fingerprint density at radius 2 is 2.20 bits per heavy atom. The molecule has 5 nitrogen and oxygen atoms in total. The van der Waals surface area contributed by atoms with Gasteiger partial charge in [0, 0.05) is 24.1 Å². The number of nitrogens with zero attached hydrogens (tertiary/aromatic N) is 2. The van der Waals surface area contributed by atoms with E-state index in [0.717, 1.165) is 30.7 Å². The molecule has 2 saturated heterocycles. The molecule has 3 rings (SSSR count). The molecule has 0 aliphatic carbocycles. The van der Waals surface area contributed by atoms with Crippen LogP contribution < -0.4 is 0 Å². The highest BCUT2D eigenvalue weighted by atomic mass is 16.6. The third kappa shape index (κ3) is 2.30. The Bertz CT molecular complexity index is 517. The molecule has 0 radical (unpaired) electrons. The smallest absolute Gasteiger partial charge is 0.410 e. The largest absolute Gasteiger partial charge is 0.444 e. The molecule has 1 amide bonds. The summed E-state index contributed by atoms with van der Waals surface area (Å²) >= 11 is 0. The predicted molar refractivity (Wildman–Crippen MR) is 73.5 cm³/mol. The summed E-state index contributed by atoms with van der Waals surface area (Å²) in [6, 6.07) is 2.46. The van der Waals surface area contributed by atoms with Gasteiger partial charge < -0.3 is 14.2 Å². The molecule has 0 aromatic carbocycles. The second-order valence-corrected chi connectivity index (χ2v) is 6.90. The first-order valence-electron chi connectivity index (χ1n) is 7.30. The molecule has 2 aliphatic heterocycles. The van der Waals surface area contributed by atoms with Crippen molar-refractivity contribution in [3.05, 3.63) is 17.5 Å². The van der Waals surface area contributed by atoms with E-state index >= 15 is 0 Å². The SMILES string of the molecule is Cc1cc([C@H]2C[C@@H]3CC[C@H]2N3C(=O)OC(C)(C)C)on1. The first-order chi connectivity index (χ1) is 9.35. The summed E-state index contributed by atoms with van der Waals surface area (Å²) in [5.41, 5.74) is 0.448. The van der Waals surface area contributed by atoms with E-state index in [1.54, 1.807) is 0 Å². The van der Waals surface area contributed by atoms with Gasteiger partial charge in [-0.25, -0.2) is 4.79 Å². The minimum Gasteiger partial charge on any atom is -0.444 e. The molecule has 5 heteroatoms. The summed E-state index contributed by atoms with van der Waals surface area (Å²) in [7, 11) is 0. The number of amides is 1. The molecular weight excluding hydrogens is 256 g/mol. The fourth-order valence-corrected chi connectivity index (χ4v) is 3.45. The van der Waals surface area contributed by atoms with Crippen molar-refractivity contribution in [2.75, 3.05) is 0 Å². The Hall–Kier alpha value is -1.52. The molecular formula is C15H22N2O3. The van der Waals surface area contributed by atoms with E-state index in [1.807, 2.05) is 38.7 Å². The number of rotatable bonds is 1. The summed E-state index contributed by atoms with van der Waals surface area (Å²) in [4.78, 5) is 14.3. The molecule has 20 heavy (non-hydrogen) atoms. The molecule has 3 atom stereocenters. The zero-order valence-corrected chi connectivity index (χ0v) is 12.5. The standard InChI is InChI=1S/C15H22N2O3/c1-9-7-13(20-16-9)11-8-10-5-6-12(11)17(10)14(18)19-15(2,3)4/h7,10-12H,5-6,8H2,1-4H3/t10-,11-,12+/m0/s1. The molecule has 2 bridgehead atoms. The topological polar surface area (TPSA) is 55.6 Å². The van der Waals surface area contributed by atoms with Gasteiger partial charge in [-0.15, -0.1) is 0 Å². The minimum atomic E-state index is -0.447. The van der Waals surface area contributed by atoms with Crippen LogP contribution in [-0.2, 0) is 4.74 Å². The van der Waals surface area contributed by atoms with Gasteiger partial charge in [-0.2, -0.15) is 0 Å². The van der Waals surface area contributed by atoms with Crippen LogP contribution in [-0.4, -0.2) is 33.8 Å². The van der Waals surface area contributed by atoms with Crippen LogP contribution in [0.3, 0.4) is 0 Å². The Morgan fingerprint density at radius 1 is 1.45 bits per heavy atom. The van der Waals surface area contributed by atoms with Gasteiger partial charge in [0.15, 0.2) is 0 Å². The van der Waals surface area contributed by atoms with Gasteiger partial charge in [0.2, 0.25) is 0 Å². The summed E-state index contributed by atoms with van der Waals surface area (Å²) in [6.45, 7) is 7.63. The van der Waals surface area contributed by atoms with Gasteiger partial charge in [0.1, 0.15) is 11.4 Å². The van der Waals surface area contributed by atoms with Gasteiger partial charge in [-0.05, 0) is 47.0 Å². The van der Waals surface area contributed by atoms with Crippen LogP contribution in [0.1, 0.15) is 57.4 Å². The fraction of sp³-hybridized carbons (Fsp3) is 0.733. The molecule has 1 aromatic heterocycles. The van der Waals surface area contributed by atoms with Crippen LogP contribution in [0.4, 0.5) is 4.79 Å². The van der Waals surface area contributed by atoms with Crippen molar-refractivity contribution in [2.24, 2.45) is 0 Å². The number of fused-ring (bicyclic) bond motifs is 2. The number of hydrogen-bond donors (Lipinski definition) is 0. The zero-order chi connectivity index (χ0) is 14.5. The van der Waals surface area contributed by atoms with Crippen LogP contribution in [0.5, 0.6) is 0 Å². The van der Waals surface area contributed by atoms with Gasteiger partial charge >= 0.3 is 6.09 Å². The second kappa shape index (κ2) is 4.50. The van der Waals surface area contributed by atoms with Gasteiger partial charge in [-0.1, -0.05) is 5.16 Å². The average molecular weight is 278 g/mol. The first-order valence-corrected chi connectivity index (χ1v) is 7.30. The highest BCUT2D eigenvalue weighted by molar-refractivity contribution is 5.70. The number of aryl methyl sites for hydroxylation is 1.